The number of aryl methyl sites for hydroxylation is 1. The van der Waals surface area contributed by atoms with E-state index < -0.39 is 23.1 Å². The lowest BCUT2D eigenvalue weighted by Gasteiger charge is -2.26. The third-order valence-electron chi connectivity index (χ3n) is 5.98. The summed E-state index contributed by atoms with van der Waals surface area (Å²) in [6.45, 7) is 9.77. The Morgan fingerprint density at radius 2 is 1.84 bits per heavy atom. The van der Waals surface area contributed by atoms with Crippen LogP contribution in [-0.4, -0.2) is 53.5 Å². The van der Waals surface area contributed by atoms with Crippen molar-refractivity contribution in [1.29, 1.82) is 0 Å². The highest BCUT2D eigenvalue weighted by atomic mass is 35.5. The van der Waals surface area contributed by atoms with Gasteiger partial charge in [-0.25, -0.2) is 8.78 Å². The quantitative estimate of drug-likeness (QED) is 0.405. The SMILES string of the molecule is Cc1cc(NC(=O)c2c(F)cc(CN3CCOCC3)cc2F)nn1Cc1cc(Cl)ccc1OCC(C)C. The fourth-order valence-electron chi connectivity index (χ4n) is 4.09. The Balaban J connectivity index is 1.47. The number of anilines is 1. The number of hydrogen-bond donors (Lipinski definition) is 1. The second-order valence-corrected chi connectivity index (χ2v) is 10.00. The smallest absolute Gasteiger partial charge is 0.262 e. The van der Waals surface area contributed by atoms with Crippen LogP contribution in [0.15, 0.2) is 36.4 Å². The maximum Gasteiger partial charge on any atom is 0.262 e. The average molecular weight is 533 g/mol. The first-order chi connectivity index (χ1) is 17.7. The molecule has 1 saturated heterocycles. The van der Waals surface area contributed by atoms with Gasteiger partial charge in [-0.15, -0.1) is 0 Å². The number of carbonyl (C=O) groups is 1. The van der Waals surface area contributed by atoms with Crippen molar-refractivity contribution in [2.75, 3.05) is 38.2 Å². The number of nitrogens with one attached hydrogen (secondary N) is 1. The summed E-state index contributed by atoms with van der Waals surface area (Å²) < 4.78 is 42.5. The Morgan fingerprint density at radius 3 is 2.51 bits per heavy atom. The molecule has 2 heterocycles. The summed E-state index contributed by atoms with van der Waals surface area (Å²) in [6, 6.07) is 9.43. The monoisotopic (exact) mass is 532 g/mol. The zero-order chi connectivity index (χ0) is 26.5. The topological polar surface area (TPSA) is 68.6 Å². The Hall–Kier alpha value is -3.01. The summed E-state index contributed by atoms with van der Waals surface area (Å²) in [6.07, 6.45) is 0. The zero-order valence-electron chi connectivity index (χ0n) is 21.2. The minimum atomic E-state index is -0.914. The third-order valence-corrected chi connectivity index (χ3v) is 6.21. The molecule has 3 aromatic rings. The molecular weight excluding hydrogens is 502 g/mol. The van der Waals surface area contributed by atoms with E-state index in [0.717, 1.165) is 11.3 Å². The van der Waals surface area contributed by atoms with E-state index in [2.05, 4.69) is 24.3 Å². The van der Waals surface area contributed by atoms with Crippen LogP contribution in [0.2, 0.25) is 5.02 Å². The molecule has 1 aliphatic heterocycles. The molecule has 4 rings (SSSR count). The van der Waals surface area contributed by atoms with Crippen molar-refractivity contribution in [3.8, 4) is 5.75 Å². The summed E-state index contributed by atoms with van der Waals surface area (Å²) in [7, 11) is 0. The molecule has 0 atom stereocenters. The molecule has 37 heavy (non-hydrogen) atoms. The number of nitrogens with zero attached hydrogens (tertiary/aromatic N) is 3. The van der Waals surface area contributed by atoms with Gasteiger partial charge in [-0.1, -0.05) is 25.4 Å². The van der Waals surface area contributed by atoms with Crippen LogP contribution >= 0.6 is 11.6 Å². The molecule has 1 N–H and O–H groups in total. The van der Waals surface area contributed by atoms with E-state index in [0.29, 0.717) is 68.3 Å². The van der Waals surface area contributed by atoms with Crippen molar-refractivity contribution in [3.63, 3.8) is 0 Å². The number of ether oxygens (including phenoxy) is 2. The van der Waals surface area contributed by atoms with Crippen LogP contribution in [0, 0.1) is 24.5 Å². The van der Waals surface area contributed by atoms with Crippen LogP contribution in [0.5, 0.6) is 5.75 Å². The van der Waals surface area contributed by atoms with Gasteiger partial charge in [0.25, 0.3) is 5.91 Å². The van der Waals surface area contributed by atoms with E-state index in [4.69, 9.17) is 21.1 Å². The number of benzene rings is 2. The van der Waals surface area contributed by atoms with Crippen LogP contribution in [0.1, 0.15) is 41.0 Å². The van der Waals surface area contributed by atoms with Crippen molar-refractivity contribution < 1.29 is 23.0 Å². The molecule has 0 aliphatic carbocycles. The lowest BCUT2D eigenvalue weighted by Crippen LogP contribution is -2.35. The van der Waals surface area contributed by atoms with Gasteiger partial charge in [0.05, 0.1) is 26.4 Å². The third kappa shape index (κ3) is 7.06. The number of rotatable bonds is 9. The standard InChI is InChI=1S/C27H31ClF2N4O3/c1-17(2)16-37-24-5-4-21(28)13-20(24)15-34-18(3)10-25(32-34)31-27(35)26-22(29)11-19(12-23(26)30)14-33-6-8-36-9-7-33/h4-5,10-13,17H,6-9,14-16H2,1-3H3,(H,31,32,35). The van der Waals surface area contributed by atoms with Gasteiger partial charge in [-0.3, -0.25) is 14.4 Å². The molecule has 1 aliphatic rings. The maximum absolute atomic E-state index is 14.8. The fraction of sp³-hybridized carbons (Fsp3) is 0.407. The largest absolute Gasteiger partial charge is 0.493 e. The number of halogens is 3. The van der Waals surface area contributed by atoms with Crippen LogP contribution in [0.4, 0.5) is 14.6 Å². The van der Waals surface area contributed by atoms with Crippen molar-refractivity contribution >= 4 is 23.3 Å². The van der Waals surface area contributed by atoms with Gasteiger partial charge in [0.15, 0.2) is 5.82 Å². The van der Waals surface area contributed by atoms with Crippen molar-refractivity contribution in [2.24, 2.45) is 5.92 Å². The molecule has 7 nitrogen and oxygen atoms in total. The van der Waals surface area contributed by atoms with Crippen LogP contribution < -0.4 is 10.1 Å². The fourth-order valence-corrected chi connectivity index (χ4v) is 4.29. The molecule has 0 unspecified atom stereocenters. The lowest BCUT2D eigenvalue weighted by molar-refractivity contribution is 0.0341. The van der Waals surface area contributed by atoms with Gasteiger partial charge in [0.1, 0.15) is 22.9 Å². The van der Waals surface area contributed by atoms with Crippen LogP contribution in [0.3, 0.4) is 0 Å². The molecule has 1 amide bonds. The van der Waals surface area contributed by atoms with Crippen molar-refractivity contribution in [2.45, 2.75) is 33.9 Å². The molecule has 0 radical (unpaired) electrons. The van der Waals surface area contributed by atoms with Gasteiger partial charge < -0.3 is 14.8 Å². The highest BCUT2D eigenvalue weighted by Crippen LogP contribution is 2.26. The molecule has 10 heteroatoms. The molecular formula is C27H31ClF2N4O3. The number of amides is 1. The first kappa shape index (κ1) is 27.0. The Morgan fingerprint density at radius 1 is 1.14 bits per heavy atom. The lowest BCUT2D eigenvalue weighted by atomic mass is 10.1. The molecule has 0 spiro atoms. The Kier molecular flexibility index (Phi) is 8.79. The molecule has 1 aromatic heterocycles. The highest BCUT2D eigenvalue weighted by Gasteiger charge is 2.21. The molecule has 0 saturated carbocycles. The van der Waals surface area contributed by atoms with E-state index >= 15 is 0 Å². The second-order valence-electron chi connectivity index (χ2n) is 9.56. The van der Waals surface area contributed by atoms with Gasteiger partial charge in [0.2, 0.25) is 0 Å². The molecule has 0 bridgehead atoms. The van der Waals surface area contributed by atoms with Gasteiger partial charge in [-0.2, -0.15) is 5.10 Å². The molecule has 2 aromatic carbocycles. The summed E-state index contributed by atoms with van der Waals surface area (Å²) in [5.74, 6) is -1.50. The molecule has 1 fully saturated rings. The minimum absolute atomic E-state index is 0.186. The number of carbonyl (C=O) groups excluding carboxylic acids is 1. The van der Waals surface area contributed by atoms with E-state index in [9.17, 15) is 13.6 Å². The van der Waals surface area contributed by atoms with E-state index in [1.54, 1.807) is 22.9 Å². The predicted octanol–water partition coefficient (Wildman–Crippen LogP) is 5.29. The van der Waals surface area contributed by atoms with E-state index in [1.807, 2.05) is 17.9 Å². The Bertz CT molecular complexity index is 1240. The summed E-state index contributed by atoms with van der Waals surface area (Å²) >= 11 is 6.20. The first-order valence-corrected chi connectivity index (χ1v) is 12.6. The molecule has 198 valence electrons. The summed E-state index contributed by atoms with van der Waals surface area (Å²) in [4.78, 5) is 14.8. The number of aromatic nitrogens is 2. The van der Waals surface area contributed by atoms with Gasteiger partial charge in [-0.05, 0) is 48.7 Å². The van der Waals surface area contributed by atoms with Crippen LogP contribution in [-0.2, 0) is 17.8 Å². The van der Waals surface area contributed by atoms with E-state index in [-0.39, 0.29) is 5.82 Å². The maximum atomic E-state index is 14.8. The average Bonchev–Trinajstić information content (AvgIpc) is 3.16. The minimum Gasteiger partial charge on any atom is -0.493 e. The predicted molar refractivity (Wildman–Crippen MR) is 138 cm³/mol. The summed E-state index contributed by atoms with van der Waals surface area (Å²) in [5.41, 5.74) is 1.39. The number of morpholine rings is 1. The van der Waals surface area contributed by atoms with Gasteiger partial charge in [0, 0.05) is 42.0 Å². The summed E-state index contributed by atoms with van der Waals surface area (Å²) in [5, 5.41) is 7.50. The first-order valence-electron chi connectivity index (χ1n) is 12.2. The van der Waals surface area contributed by atoms with Crippen molar-refractivity contribution in [1.82, 2.24) is 14.7 Å². The second kappa shape index (κ2) is 12.0. The number of hydrogen-bond acceptors (Lipinski definition) is 5. The van der Waals surface area contributed by atoms with Crippen molar-refractivity contribution in [3.05, 3.63) is 75.4 Å². The van der Waals surface area contributed by atoms with E-state index in [1.165, 1.54) is 12.1 Å². The van der Waals surface area contributed by atoms with Crippen LogP contribution in [0.25, 0.3) is 0 Å². The highest BCUT2D eigenvalue weighted by molar-refractivity contribution is 6.30. The zero-order valence-corrected chi connectivity index (χ0v) is 21.9. The van der Waals surface area contributed by atoms with Gasteiger partial charge >= 0.3 is 0 Å². The Labute approximate surface area is 220 Å². The normalized spacial score (nSPS) is 14.2.